The molecule has 0 aliphatic heterocycles. The van der Waals surface area contributed by atoms with Gasteiger partial charge in [-0.15, -0.1) is 0 Å². The Morgan fingerprint density at radius 3 is 2.29 bits per heavy atom. The van der Waals surface area contributed by atoms with Crippen molar-refractivity contribution in [2.75, 3.05) is 11.9 Å². The van der Waals surface area contributed by atoms with Crippen molar-refractivity contribution in [3.05, 3.63) is 29.8 Å². The number of urea groups is 1. The number of hydrogen-bond donors (Lipinski definition) is 4. The van der Waals surface area contributed by atoms with Gasteiger partial charge in [0.25, 0.3) is 5.91 Å². The molecule has 0 heterocycles. The third-order valence-electron chi connectivity index (χ3n) is 3.36. The maximum absolute atomic E-state index is 12.0. The SMILES string of the molecule is CCCNC(=O)c1ccc(NC(=O)NC(C)(C)CCC(=O)O)cc1. The molecule has 3 amide bonds. The third kappa shape index (κ3) is 7.13. The Morgan fingerprint density at radius 2 is 1.75 bits per heavy atom. The molecule has 7 nitrogen and oxygen atoms in total. The summed E-state index contributed by atoms with van der Waals surface area (Å²) in [4.78, 5) is 34.4. The molecular weight excluding hydrogens is 310 g/mol. The Morgan fingerprint density at radius 1 is 1.12 bits per heavy atom. The highest BCUT2D eigenvalue weighted by molar-refractivity contribution is 5.95. The van der Waals surface area contributed by atoms with Crippen molar-refractivity contribution < 1.29 is 19.5 Å². The number of aliphatic carboxylic acids is 1. The lowest BCUT2D eigenvalue weighted by atomic mass is 9.99. The minimum absolute atomic E-state index is 0.0190. The minimum Gasteiger partial charge on any atom is -0.481 e. The van der Waals surface area contributed by atoms with E-state index in [-0.39, 0.29) is 12.3 Å². The van der Waals surface area contributed by atoms with Gasteiger partial charge in [-0.25, -0.2) is 4.79 Å². The Balaban J connectivity index is 2.55. The molecule has 0 radical (unpaired) electrons. The summed E-state index contributed by atoms with van der Waals surface area (Å²) in [6.07, 6.45) is 1.17. The number of carbonyl (C=O) groups excluding carboxylic acids is 2. The number of benzene rings is 1. The summed E-state index contributed by atoms with van der Waals surface area (Å²) in [6.45, 7) is 6.11. The quantitative estimate of drug-likeness (QED) is 0.585. The number of carboxylic acid groups (broad SMARTS) is 1. The van der Waals surface area contributed by atoms with Crippen molar-refractivity contribution in [2.24, 2.45) is 0 Å². The van der Waals surface area contributed by atoms with E-state index in [1.54, 1.807) is 38.1 Å². The van der Waals surface area contributed by atoms with Gasteiger partial charge >= 0.3 is 12.0 Å². The van der Waals surface area contributed by atoms with E-state index in [1.165, 1.54) is 0 Å². The zero-order chi connectivity index (χ0) is 18.2. The molecule has 0 aromatic heterocycles. The summed E-state index contributed by atoms with van der Waals surface area (Å²) >= 11 is 0. The summed E-state index contributed by atoms with van der Waals surface area (Å²) in [7, 11) is 0. The van der Waals surface area contributed by atoms with Crippen LogP contribution < -0.4 is 16.0 Å². The number of anilines is 1. The first-order chi connectivity index (χ1) is 11.2. The van der Waals surface area contributed by atoms with Gasteiger partial charge in [-0.2, -0.15) is 0 Å². The van der Waals surface area contributed by atoms with Crippen LogP contribution in [0.5, 0.6) is 0 Å². The van der Waals surface area contributed by atoms with Gasteiger partial charge in [0, 0.05) is 29.8 Å². The van der Waals surface area contributed by atoms with Crippen molar-refractivity contribution in [3.8, 4) is 0 Å². The van der Waals surface area contributed by atoms with E-state index in [0.717, 1.165) is 6.42 Å². The van der Waals surface area contributed by atoms with E-state index in [9.17, 15) is 14.4 Å². The van der Waals surface area contributed by atoms with E-state index in [2.05, 4.69) is 16.0 Å². The van der Waals surface area contributed by atoms with Crippen LogP contribution in [0.3, 0.4) is 0 Å². The smallest absolute Gasteiger partial charge is 0.319 e. The Hall–Kier alpha value is -2.57. The Bertz CT molecular complexity index is 582. The highest BCUT2D eigenvalue weighted by Gasteiger charge is 2.21. The van der Waals surface area contributed by atoms with Crippen LogP contribution in [0.15, 0.2) is 24.3 Å². The molecule has 0 aliphatic rings. The van der Waals surface area contributed by atoms with E-state index < -0.39 is 17.5 Å². The van der Waals surface area contributed by atoms with Gasteiger partial charge in [0.1, 0.15) is 0 Å². The minimum atomic E-state index is -0.901. The summed E-state index contributed by atoms with van der Waals surface area (Å²) in [5.74, 6) is -1.05. The van der Waals surface area contributed by atoms with E-state index >= 15 is 0 Å². The molecule has 1 aromatic carbocycles. The van der Waals surface area contributed by atoms with E-state index in [1.807, 2.05) is 6.92 Å². The maximum atomic E-state index is 12.0. The molecular formula is C17H25N3O4. The van der Waals surface area contributed by atoms with Crippen LogP contribution in [-0.2, 0) is 4.79 Å². The van der Waals surface area contributed by atoms with Gasteiger partial charge in [-0.05, 0) is 51.0 Å². The molecule has 4 N–H and O–H groups in total. The predicted molar refractivity (Wildman–Crippen MR) is 92.2 cm³/mol. The molecule has 7 heteroatoms. The fourth-order valence-corrected chi connectivity index (χ4v) is 2.00. The lowest BCUT2D eigenvalue weighted by Crippen LogP contribution is -2.45. The predicted octanol–water partition coefficient (Wildman–Crippen LogP) is 2.59. The first-order valence-corrected chi connectivity index (χ1v) is 7.93. The van der Waals surface area contributed by atoms with Gasteiger partial charge < -0.3 is 21.1 Å². The standard InChI is InChI=1S/C17H25N3O4/c1-4-11-18-15(23)12-5-7-13(8-6-12)19-16(24)20-17(2,3)10-9-14(21)22/h5-8H,4,9-11H2,1-3H3,(H,18,23)(H,21,22)(H2,19,20,24). The van der Waals surface area contributed by atoms with Crippen LogP contribution in [0, 0.1) is 0 Å². The molecule has 0 fully saturated rings. The number of amides is 3. The lowest BCUT2D eigenvalue weighted by Gasteiger charge is -2.25. The maximum Gasteiger partial charge on any atom is 0.319 e. The monoisotopic (exact) mass is 335 g/mol. The van der Waals surface area contributed by atoms with Crippen molar-refractivity contribution in [2.45, 2.75) is 45.6 Å². The molecule has 0 saturated heterocycles. The molecule has 1 rings (SSSR count). The van der Waals surface area contributed by atoms with Gasteiger partial charge in [0.05, 0.1) is 0 Å². The molecule has 0 spiro atoms. The molecule has 0 aliphatic carbocycles. The normalized spacial score (nSPS) is 10.8. The molecule has 24 heavy (non-hydrogen) atoms. The molecule has 0 atom stereocenters. The highest BCUT2D eigenvalue weighted by atomic mass is 16.4. The van der Waals surface area contributed by atoms with Crippen LogP contribution in [-0.4, -0.2) is 35.1 Å². The summed E-state index contributed by atoms with van der Waals surface area (Å²) in [5, 5.41) is 16.9. The third-order valence-corrected chi connectivity index (χ3v) is 3.36. The fraction of sp³-hybridized carbons (Fsp3) is 0.471. The molecule has 0 unspecified atom stereocenters. The average Bonchev–Trinajstić information content (AvgIpc) is 2.51. The summed E-state index contributed by atoms with van der Waals surface area (Å²) in [6, 6.07) is 6.13. The number of nitrogens with one attached hydrogen (secondary N) is 3. The zero-order valence-electron chi connectivity index (χ0n) is 14.3. The molecule has 0 saturated carbocycles. The van der Waals surface area contributed by atoms with Crippen LogP contribution in [0.2, 0.25) is 0 Å². The first kappa shape index (κ1) is 19.5. The van der Waals surface area contributed by atoms with Crippen molar-refractivity contribution in [1.82, 2.24) is 10.6 Å². The van der Waals surface area contributed by atoms with E-state index in [0.29, 0.717) is 24.2 Å². The molecule has 132 valence electrons. The number of carbonyl (C=O) groups is 3. The van der Waals surface area contributed by atoms with Gasteiger partial charge in [0.15, 0.2) is 0 Å². The number of hydrogen-bond acceptors (Lipinski definition) is 3. The Labute approximate surface area is 141 Å². The van der Waals surface area contributed by atoms with Crippen molar-refractivity contribution in [1.29, 1.82) is 0 Å². The van der Waals surface area contributed by atoms with E-state index in [4.69, 9.17) is 5.11 Å². The van der Waals surface area contributed by atoms with Crippen LogP contribution in [0.4, 0.5) is 10.5 Å². The fourth-order valence-electron chi connectivity index (χ4n) is 2.00. The first-order valence-electron chi connectivity index (χ1n) is 7.93. The second-order valence-corrected chi connectivity index (χ2v) is 6.19. The molecule has 1 aromatic rings. The molecule has 0 bridgehead atoms. The zero-order valence-corrected chi connectivity index (χ0v) is 14.3. The van der Waals surface area contributed by atoms with Crippen LogP contribution >= 0.6 is 0 Å². The second-order valence-electron chi connectivity index (χ2n) is 6.19. The largest absolute Gasteiger partial charge is 0.481 e. The van der Waals surface area contributed by atoms with Crippen molar-refractivity contribution in [3.63, 3.8) is 0 Å². The second kappa shape index (κ2) is 8.90. The topological polar surface area (TPSA) is 108 Å². The van der Waals surface area contributed by atoms with Gasteiger partial charge in [-0.3, -0.25) is 9.59 Å². The van der Waals surface area contributed by atoms with Gasteiger partial charge in [-0.1, -0.05) is 6.92 Å². The summed E-state index contributed by atoms with van der Waals surface area (Å²) < 4.78 is 0. The number of rotatable bonds is 8. The Kier molecular flexibility index (Phi) is 7.23. The van der Waals surface area contributed by atoms with Crippen molar-refractivity contribution >= 4 is 23.6 Å². The highest BCUT2D eigenvalue weighted by Crippen LogP contribution is 2.13. The van der Waals surface area contributed by atoms with Crippen LogP contribution in [0.25, 0.3) is 0 Å². The lowest BCUT2D eigenvalue weighted by molar-refractivity contribution is -0.137. The van der Waals surface area contributed by atoms with Crippen LogP contribution in [0.1, 0.15) is 50.4 Å². The van der Waals surface area contributed by atoms with Gasteiger partial charge in [0.2, 0.25) is 0 Å². The average molecular weight is 335 g/mol. The number of carboxylic acids is 1. The summed E-state index contributed by atoms with van der Waals surface area (Å²) in [5.41, 5.74) is 0.437.